The Labute approximate surface area is 128 Å². The summed E-state index contributed by atoms with van der Waals surface area (Å²) < 4.78 is 11.3. The Kier molecular flexibility index (Phi) is 5.28. The van der Waals surface area contributed by atoms with Crippen LogP contribution < -0.4 is 4.74 Å². The van der Waals surface area contributed by atoms with Gasteiger partial charge in [-0.25, -0.2) is 0 Å². The Morgan fingerprint density at radius 1 is 1.38 bits per heavy atom. The topological polar surface area (TPSA) is 38.7 Å². The lowest BCUT2D eigenvalue weighted by Gasteiger charge is -2.25. The Morgan fingerprint density at radius 3 is 2.71 bits per heavy atom. The predicted octanol–water partition coefficient (Wildman–Crippen LogP) is 3.32. The van der Waals surface area contributed by atoms with E-state index in [1.54, 1.807) is 0 Å². The monoisotopic (exact) mass is 292 g/mol. The summed E-state index contributed by atoms with van der Waals surface area (Å²) in [7, 11) is 0. The molecule has 0 spiro atoms. The summed E-state index contributed by atoms with van der Waals surface area (Å²) in [5, 5.41) is 10.2. The lowest BCUT2D eigenvalue weighted by atomic mass is 9.85. The van der Waals surface area contributed by atoms with Crippen molar-refractivity contribution in [2.45, 2.75) is 52.1 Å². The maximum absolute atomic E-state index is 10.2. The molecule has 1 N–H and O–H groups in total. The fraction of sp³-hybridized carbons (Fsp3) is 0.667. The molecule has 1 aliphatic rings. The van der Waals surface area contributed by atoms with E-state index in [1.807, 2.05) is 6.07 Å². The Morgan fingerprint density at radius 2 is 2.14 bits per heavy atom. The van der Waals surface area contributed by atoms with Gasteiger partial charge in [0.25, 0.3) is 0 Å². The molecule has 3 nitrogen and oxygen atoms in total. The van der Waals surface area contributed by atoms with Crippen molar-refractivity contribution in [2.24, 2.45) is 5.92 Å². The number of ether oxygens (including phenoxy) is 2. The van der Waals surface area contributed by atoms with Gasteiger partial charge in [0.1, 0.15) is 12.4 Å². The average Bonchev–Trinajstić information content (AvgIpc) is 2.97. The molecule has 0 bridgehead atoms. The predicted molar refractivity (Wildman–Crippen MR) is 84.9 cm³/mol. The summed E-state index contributed by atoms with van der Waals surface area (Å²) in [5.74, 6) is 1.09. The first-order valence-electron chi connectivity index (χ1n) is 7.94. The highest BCUT2D eigenvalue weighted by Crippen LogP contribution is 2.32. The Balaban J connectivity index is 2.08. The molecule has 2 unspecified atom stereocenters. The first kappa shape index (κ1) is 16.3. The summed E-state index contributed by atoms with van der Waals surface area (Å²) in [6.45, 7) is 10.5. The highest BCUT2D eigenvalue weighted by atomic mass is 16.5. The molecule has 1 aliphatic heterocycles. The van der Waals surface area contributed by atoms with Gasteiger partial charge in [0.15, 0.2) is 0 Å². The fourth-order valence-electron chi connectivity index (χ4n) is 2.68. The van der Waals surface area contributed by atoms with Crippen LogP contribution in [0.25, 0.3) is 0 Å². The van der Waals surface area contributed by atoms with Crippen molar-refractivity contribution in [3.8, 4) is 5.75 Å². The third-order valence-corrected chi connectivity index (χ3v) is 4.18. The van der Waals surface area contributed by atoms with E-state index in [1.165, 1.54) is 11.1 Å². The zero-order valence-corrected chi connectivity index (χ0v) is 13.7. The van der Waals surface area contributed by atoms with E-state index in [0.29, 0.717) is 13.2 Å². The van der Waals surface area contributed by atoms with Crippen molar-refractivity contribution in [1.82, 2.24) is 0 Å². The molecular weight excluding hydrogens is 264 g/mol. The van der Waals surface area contributed by atoms with Gasteiger partial charge in [-0.1, -0.05) is 39.8 Å². The molecule has 0 saturated carbocycles. The van der Waals surface area contributed by atoms with Crippen LogP contribution in [0.1, 0.15) is 45.2 Å². The molecule has 1 heterocycles. The summed E-state index contributed by atoms with van der Waals surface area (Å²) >= 11 is 0. The molecule has 0 aromatic heterocycles. The largest absolute Gasteiger partial charge is 0.491 e. The molecule has 0 radical (unpaired) electrons. The van der Waals surface area contributed by atoms with Crippen LogP contribution in [-0.4, -0.2) is 31.0 Å². The van der Waals surface area contributed by atoms with Crippen LogP contribution in [-0.2, 0) is 16.6 Å². The van der Waals surface area contributed by atoms with Crippen LogP contribution in [0.2, 0.25) is 0 Å². The fourth-order valence-corrected chi connectivity index (χ4v) is 2.68. The van der Waals surface area contributed by atoms with E-state index >= 15 is 0 Å². The number of hydrogen-bond acceptors (Lipinski definition) is 3. The van der Waals surface area contributed by atoms with Crippen molar-refractivity contribution in [3.05, 3.63) is 29.3 Å². The quantitative estimate of drug-likeness (QED) is 0.905. The van der Waals surface area contributed by atoms with Gasteiger partial charge in [-0.15, -0.1) is 0 Å². The van der Waals surface area contributed by atoms with Gasteiger partial charge in [0, 0.05) is 12.5 Å². The third kappa shape index (κ3) is 4.21. The van der Waals surface area contributed by atoms with Crippen molar-refractivity contribution in [2.75, 3.05) is 19.8 Å². The molecule has 3 heteroatoms. The number of aryl methyl sites for hydroxylation is 1. The Hall–Kier alpha value is -1.06. The van der Waals surface area contributed by atoms with Crippen LogP contribution in [0.15, 0.2) is 18.2 Å². The van der Waals surface area contributed by atoms with Gasteiger partial charge in [-0.05, 0) is 35.4 Å². The van der Waals surface area contributed by atoms with E-state index in [9.17, 15) is 5.11 Å². The molecule has 2 rings (SSSR count). The zero-order valence-electron chi connectivity index (χ0n) is 13.7. The minimum Gasteiger partial charge on any atom is -0.491 e. The lowest BCUT2D eigenvalue weighted by molar-refractivity contribution is 0.0493. The van der Waals surface area contributed by atoms with Crippen LogP contribution >= 0.6 is 0 Å². The van der Waals surface area contributed by atoms with Gasteiger partial charge in [0.2, 0.25) is 0 Å². The molecule has 2 atom stereocenters. The second kappa shape index (κ2) is 6.80. The standard InChI is InChI=1S/C18H28O3/c1-5-13-6-7-17(15(10-13)18(2,3)4)21-12-16(19)14-8-9-20-11-14/h6-7,10,14,16,19H,5,8-9,11-12H2,1-4H3. The molecule has 1 aromatic rings. The second-order valence-electron chi connectivity index (χ2n) is 6.94. The van der Waals surface area contributed by atoms with Crippen LogP contribution in [0.4, 0.5) is 0 Å². The van der Waals surface area contributed by atoms with E-state index in [0.717, 1.165) is 25.2 Å². The van der Waals surface area contributed by atoms with Crippen LogP contribution in [0, 0.1) is 5.92 Å². The zero-order chi connectivity index (χ0) is 15.5. The summed E-state index contributed by atoms with van der Waals surface area (Å²) in [6.07, 6.45) is 1.49. The number of aliphatic hydroxyl groups is 1. The summed E-state index contributed by atoms with van der Waals surface area (Å²) in [4.78, 5) is 0. The van der Waals surface area contributed by atoms with Gasteiger partial charge >= 0.3 is 0 Å². The minimum absolute atomic E-state index is 0.0297. The highest BCUT2D eigenvalue weighted by Gasteiger charge is 2.25. The van der Waals surface area contributed by atoms with E-state index < -0.39 is 6.10 Å². The molecule has 118 valence electrons. The third-order valence-electron chi connectivity index (χ3n) is 4.18. The van der Waals surface area contributed by atoms with Gasteiger partial charge < -0.3 is 14.6 Å². The van der Waals surface area contributed by atoms with E-state index in [-0.39, 0.29) is 11.3 Å². The molecule has 21 heavy (non-hydrogen) atoms. The summed E-state index contributed by atoms with van der Waals surface area (Å²) in [5.41, 5.74) is 2.55. The van der Waals surface area contributed by atoms with Crippen molar-refractivity contribution in [3.63, 3.8) is 0 Å². The van der Waals surface area contributed by atoms with Crippen molar-refractivity contribution < 1.29 is 14.6 Å². The Bertz CT molecular complexity index is 456. The number of hydrogen-bond donors (Lipinski definition) is 1. The molecule has 1 aromatic carbocycles. The molecule has 1 saturated heterocycles. The first-order valence-corrected chi connectivity index (χ1v) is 7.94. The van der Waals surface area contributed by atoms with Crippen molar-refractivity contribution in [1.29, 1.82) is 0 Å². The van der Waals surface area contributed by atoms with E-state index in [2.05, 4.69) is 39.8 Å². The number of rotatable bonds is 5. The molecule has 0 aliphatic carbocycles. The molecular formula is C18H28O3. The smallest absolute Gasteiger partial charge is 0.123 e. The second-order valence-corrected chi connectivity index (χ2v) is 6.94. The van der Waals surface area contributed by atoms with E-state index in [4.69, 9.17) is 9.47 Å². The van der Waals surface area contributed by atoms with Crippen LogP contribution in [0.3, 0.4) is 0 Å². The average molecular weight is 292 g/mol. The SMILES string of the molecule is CCc1ccc(OCC(O)C2CCOC2)c(C(C)(C)C)c1. The first-order chi connectivity index (χ1) is 9.91. The van der Waals surface area contributed by atoms with Gasteiger partial charge in [-0.3, -0.25) is 0 Å². The highest BCUT2D eigenvalue weighted by molar-refractivity contribution is 5.41. The van der Waals surface area contributed by atoms with Crippen molar-refractivity contribution >= 4 is 0 Å². The lowest BCUT2D eigenvalue weighted by Crippen LogP contribution is -2.28. The maximum atomic E-state index is 10.2. The van der Waals surface area contributed by atoms with Gasteiger partial charge in [-0.2, -0.15) is 0 Å². The number of aliphatic hydroxyl groups excluding tert-OH is 1. The van der Waals surface area contributed by atoms with Crippen LogP contribution in [0.5, 0.6) is 5.75 Å². The summed E-state index contributed by atoms with van der Waals surface area (Å²) in [6, 6.07) is 6.37. The maximum Gasteiger partial charge on any atom is 0.123 e. The molecule has 0 amide bonds. The number of benzene rings is 1. The normalized spacial score (nSPS) is 20.5. The van der Waals surface area contributed by atoms with Gasteiger partial charge in [0.05, 0.1) is 12.7 Å². The molecule has 1 fully saturated rings. The minimum atomic E-state index is -0.453.